The predicted molar refractivity (Wildman–Crippen MR) is 346 cm³/mol. The van der Waals surface area contributed by atoms with Crippen molar-refractivity contribution in [2.24, 2.45) is 11.8 Å². The van der Waals surface area contributed by atoms with E-state index < -0.39 is 47.5 Å². The van der Waals surface area contributed by atoms with Crippen molar-refractivity contribution < 1.29 is 47.7 Å². The molecule has 0 saturated carbocycles. The van der Waals surface area contributed by atoms with Crippen LogP contribution in [0.25, 0.3) is 43.1 Å². The van der Waals surface area contributed by atoms with Gasteiger partial charge in [0.1, 0.15) is 58.1 Å². The molecule has 0 aliphatic carbocycles. The molecule has 6 amide bonds. The average molecular weight is 1180 g/mol. The van der Waals surface area contributed by atoms with Gasteiger partial charge in [-0.1, -0.05) is 65.8 Å². The molecular weight excluding hydrogens is 1100 g/mol. The number of hydrogen-bond donors (Lipinski definition) is 0. The first kappa shape index (κ1) is 60.4. The SMILES string of the molecule is CCCN(C)C(=O)C(C(C)C)N1C(=O)c2cc(Oc3cc(C)cc(C)c3)c3c4c(Oc5cc(C)cc(C)c5)cc5c6c(cc(Oc7cc(C)cc(C)c7)c(c7c(Oc8cc(C)cc(C)c8)cc(c2c37)C1=O)c64)C(=O)N(C(C(=O)N(C)CCC)C(C)C)C5=O. The van der Waals surface area contributed by atoms with Crippen molar-refractivity contribution in [3.63, 3.8) is 0 Å². The number of amides is 6. The number of benzene rings is 9. The van der Waals surface area contributed by atoms with Crippen LogP contribution in [0.5, 0.6) is 46.0 Å². The van der Waals surface area contributed by atoms with Crippen LogP contribution in [-0.2, 0) is 9.59 Å². The highest BCUT2D eigenvalue weighted by atomic mass is 16.5. The summed E-state index contributed by atoms with van der Waals surface area (Å²) in [6, 6.07) is 27.4. The zero-order chi connectivity index (χ0) is 63.2. The topological polar surface area (TPSA) is 152 Å². The van der Waals surface area contributed by atoms with Gasteiger partial charge in [-0.2, -0.15) is 0 Å². The molecule has 2 atom stereocenters. The molecule has 14 nitrogen and oxygen atoms in total. The van der Waals surface area contributed by atoms with Gasteiger partial charge in [0.15, 0.2) is 0 Å². The third kappa shape index (κ3) is 10.5. The summed E-state index contributed by atoms with van der Waals surface area (Å²) in [5, 5.41) is 2.68. The van der Waals surface area contributed by atoms with Crippen LogP contribution in [0, 0.1) is 67.2 Å². The largest absolute Gasteiger partial charge is 0.457 e. The third-order valence-electron chi connectivity index (χ3n) is 16.8. The lowest BCUT2D eigenvalue weighted by Gasteiger charge is -2.38. The molecular formula is C74H76N4O10. The number of ether oxygens (including phenoxy) is 4. The molecule has 88 heavy (non-hydrogen) atoms. The number of aryl methyl sites for hydroxylation is 8. The van der Waals surface area contributed by atoms with E-state index in [2.05, 4.69) is 0 Å². The summed E-state index contributed by atoms with van der Waals surface area (Å²) >= 11 is 0. The number of fused-ring (bicyclic) bond motifs is 2. The number of rotatable bonds is 18. The van der Waals surface area contributed by atoms with Crippen LogP contribution in [0.3, 0.4) is 0 Å². The lowest BCUT2D eigenvalue weighted by molar-refractivity contribution is -0.136. The van der Waals surface area contributed by atoms with E-state index in [-0.39, 0.29) is 67.8 Å². The minimum absolute atomic E-state index is 0.0876. The Balaban J connectivity index is 1.40. The average Bonchev–Trinajstić information content (AvgIpc) is 0.678. The molecule has 2 aliphatic heterocycles. The molecule has 2 unspecified atom stereocenters. The van der Waals surface area contributed by atoms with Crippen LogP contribution in [0.15, 0.2) is 97.1 Å². The molecule has 0 spiro atoms. The monoisotopic (exact) mass is 1180 g/mol. The number of imide groups is 2. The normalized spacial score (nSPS) is 13.9. The summed E-state index contributed by atoms with van der Waals surface area (Å²) < 4.78 is 29.1. The number of likely N-dealkylation sites (N-methyl/N-ethyl adjacent to an activating group) is 2. The lowest BCUT2D eigenvalue weighted by Crippen LogP contribution is -2.56. The van der Waals surface area contributed by atoms with Crippen molar-refractivity contribution in [2.45, 2.75) is 122 Å². The zero-order valence-electron chi connectivity index (χ0n) is 53.2. The Hall–Kier alpha value is -9.30. The molecule has 14 heteroatoms. The van der Waals surface area contributed by atoms with Crippen molar-refractivity contribution >= 4 is 78.5 Å². The van der Waals surface area contributed by atoms with Crippen LogP contribution in [-0.4, -0.2) is 94.3 Å². The van der Waals surface area contributed by atoms with Crippen molar-refractivity contribution in [1.82, 2.24) is 19.6 Å². The fraction of sp³-hybridized carbons (Fsp3) is 0.324. The zero-order valence-corrected chi connectivity index (χ0v) is 53.2. The second-order valence-electron chi connectivity index (χ2n) is 25.2. The van der Waals surface area contributed by atoms with Gasteiger partial charge in [-0.25, -0.2) is 0 Å². The standard InChI is InChI=1S/C74H76N4O10/c1-17-19-75(15)73(83)67(37(3)4)77-69(79)51-33-55(85-47-25-39(7)21-40(8)26-47)61-63-57(87-49-29-43(11)23-44(12)30-49)35-53-60-54(72(82)78(71(53)81)68(38(5)6)74(84)76(16)20-18-2)36-58(88-50-31-45(13)24-46(14)32-50)64(66(60)63)62-56(34-52(70(77)80)59(51)65(61)62)86-48-27-41(9)22-42(10)28-48/h21-38,67-68H,17-20H2,1-16H3. The first-order valence-electron chi connectivity index (χ1n) is 30.4. The highest BCUT2D eigenvalue weighted by molar-refractivity contribution is 6.45. The molecule has 9 aromatic carbocycles. The van der Waals surface area contributed by atoms with E-state index >= 15 is 19.2 Å². The van der Waals surface area contributed by atoms with Crippen LogP contribution in [0.1, 0.15) is 140 Å². The van der Waals surface area contributed by atoms with E-state index in [1.807, 2.05) is 170 Å². The Morgan fingerprint density at radius 3 is 0.761 bits per heavy atom. The quantitative estimate of drug-likeness (QED) is 0.0461. The maximum Gasteiger partial charge on any atom is 0.262 e. The van der Waals surface area contributed by atoms with E-state index in [9.17, 15) is 9.59 Å². The van der Waals surface area contributed by atoms with Crippen molar-refractivity contribution in [1.29, 1.82) is 0 Å². The van der Waals surface area contributed by atoms with Gasteiger partial charge in [0, 0.05) is 70.3 Å². The predicted octanol–water partition coefficient (Wildman–Crippen LogP) is 16.4. The van der Waals surface area contributed by atoms with Crippen molar-refractivity contribution in [3.8, 4) is 46.0 Å². The number of carbonyl (C=O) groups excluding carboxylic acids is 6. The molecule has 0 N–H and O–H groups in total. The molecule has 0 saturated heterocycles. The van der Waals surface area contributed by atoms with E-state index in [1.54, 1.807) is 48.2 Å². The number of hydrogen-bond acceptors (Lipinski definition) is 10. The Kier molecular flexibility index (Phi) is 15.8. The molecule has 0 bridgehead atoms. The third-order valence-corrected chi connectivity index (χ3v) is 16.8. The molecule has 9 aromatic rings. The molecule has 2 heterocycles. The Labute approximate surface area is 514 Å². The molecule has 2 aliphatic rings. The smallest absolute Gasteiger partial charge is 0.262 e. The van der Waals surface area contributed by atoms with Crippen LogP contribution >= 0.6 is 0 Å². The second-order valence-corrected chi connectivity index (χ2v) is 25.2. The molecule has 452 valence electrons. The summed E-state index contributed by atoms with van der Waals surface area (Å²) in [4.78, 5) is 99.2. The van der Waals surface area contributed by atoms with Gasteiger partial charge < -0.3 is 28.7 Å². The maximum absolute atomic E-state index is 16.1. The lowest BCUT2D eigenvalue weighted by atomic mass is 9.80. The van der Waals surface area contributed by atoms with Crippen LogP contribution in [0.2, 0.25) is 0 Å². The summed E-state index contributed by atoms with van der Waals surface area (Å²) in [5.74, 6) is -2.25. The minimum Gasteiger partial charge on any atom is -0.457 e. The summed E-state index contributed by atoms with van der Waals surface area (Å²) in [5.41, 5.74) is 7.55. The van der Waals surface area contributed by atoms with Crippen LogP contribution < -0.4 is 18.9 Å². The molecule has 0 radical (unpaired) electrons. The van der Waals surface area contributed by atoms with Gasteiger partial charge in [-0.05, 0) is 197 Å². The molecule has 0 aromatic heterocycles. The second kappa shape index (κ2) is 23.1. The Morgan fingerprint density at radius 1 is 0.352 bits per heavy atom. The van der Waals surface area contributed by atoms with Crippen molar-refractivity contribution in [2.75, 3.05) is 27.2 Å². The van der Waals surface area contributed by atoms with Crippen LogP contribution in [0.4, 0.5) is 0 Å². The summed E-state index contributed by atoms with van der Waals surface area (Å²) in [7, 11) is 3.36. The van der Waals surface area contributed by atoms with Gasteiger partial charge in [0.25, 0.3) is 23.6 Å². The van der Waals surface area contributed by atoms with Gasteiger partial charge in [-0.3, -0.25) is 38.6 Å². The maximum atomic E-state index is 16.1. The Bertz CT molecular complexity index is 3850. The molecule has 0 fully saturated rings. The van der Waals surface area contributed by atoms with E-state index in [1.165, 1.54) is 0 Å². The van der Waals surface area contributed by atoms with E-state index in [0.29, 0.717) is 81.2 Å². The van der Waals surface area contributed by atoms with E-state index in [4.69, 9.17) is 18.9 Å². The highest BCUT2D eigenvalue weighted by Crippen LogP contribution is 2.58. The highest BCUT2D eigenvalue weighted by Gasteiger charge is 2.48. The molecule has 11 rings (SSSR count). The van der Waals surface area contributed by atoms with Gasteiger partial charge in [0.2, 0.25) is 11.8 Å². The Morgan fingerprint density at radius 2 is 0.568 bits per heavy atom. The van der Waals surface area contributed by atoms with Gasteiger partial charge >= 0.3 is 0 Å². The fourth-order valence-corrected chi connectivity index (χ4v) is 13.6. The van der Waals surface area contributed by atoms with Gasteiger partial charge in [0.05, 0.1) is 22.3 Å². The van der Waals surface area contributed by atoms with Gasteiger partial charge in [-0.15, -0.1) is 0 Å². The summed E-state index contributed by atoms with van der Waals surface area (Å²) in [6.45, 7) is 27.7. The van der Waals surface area contributed by atoms with Crippen molar-refractivity contribution in [3.05, 3.63) is 164 Å². The first-order valence-corrected chi connectivity index (χ1v) is 30.4. The summed E-state index contributed by atoms with van der Waals surface area (Å²) in [6.07, 6.45) is 1.30. The number of nitrogens with zero attached hydrogens (tertiary/aromatic N) is 4. The number of carbonyl (C=O) groups is 6. The first-order chi connectivity index (χ1) is 41.8. The fourth-order valence-electron chi connectivity index (χ4n) is 13.6. The minimum atomic E-state index is -1.21. The van der Waals surface area contributed by atoms with E-state index in [0.717, 1.165) is 54.3 Å².